The Bertz CT molecular complexity index is 734. The van der Waals surface area contributed by atoms with Crippen LogP contribution in [0.1, 0.15) is 25.2 Å². The van der Waals surface area contributed by atoms with E-state index in [0.717, 1.165) is 42.0 Å². The molecular weight excluding hydrogens is 332 g/mol. The molecule has 1 fully saturated rings. The molecule has 0 spiro atoms. The number of hydrogen-bond acceptors (Lipinski definition) is 4. The summed E-state index contributed by atoms with van der Waals surface area (Å²) in [6, 6.07) is 4.12. The van der Waals surface area contributed by atoms with Gasteiger partial charge in [-0.1, -0.05) is 6.07 Å². The highest BCUT2D eigenvalue weighted by Gasteiger charge is 2.28. The number of pyridine rings is 1. The molecule has 1 aliphatic rings. The van der Waals surface area contributed by atoms with E-state index < -0.39 is 0 Å². The van der Waals surface area contributed by atoms with Crippen LogP contribution in [0, 0.1) is 6.92 Å². The Morgan fingerprint density at radius 3 is 2.80 bits per heavy atom. The van der Waals surface area contributed by atoms with E-state index in [0.29, 0.717) is 6.54 Å². The van der Waals surface area contributed by atoms with Crippen molar-refractivity contribution in [3.8, 4) is 5.82 Å². The number of rotatable bonds is 3. The number of aliphatic imine (C=N–C) groups is 1. The van der Waals surface area contributed by atoms with Crippen LogP contribution in [0.15, 0.2) is 35.7 Å². The third-order valence-electron chi connectivity index (χ3n) is 4.27. The van der Waals surface area contributed by atoms with Gasteiger partial charge in [0.25, 0.3) is 0 Å². The van der Waals surface area contributed by atoms with Gasteiger partial charge in [0.15, 0.2) is 5.96 Å². The van der Waals surface area contributed by atoms with E-state index in [4.69, 9.17) is 0 Å². The van der Waals surface area contributed by atoms with E-state index in [1.54, 1.807) is 6.20 Å². The number of guanidine groups is 1. The average molecular weight is 359 g/mol. The second kappa shape index (κ2) is 7.47. The monoisotopic (exact) mass is 358 g/mol. The van der Waals surface area contributed by atoms with Crippen LogP contribution in [0.2, 0.25) is 0 Å². The zero-order valence-corrected chi connectivity index (χ0v) is 16.2. The lowest BCUT2D eigenvalue weighted by atomic mass is 10.2. The van der Waals surface area contributed by atoms with Gasteiger partial charge < -0.3 is 10.2 Å². The van der Waals surface area contributed by atoms with E-state index in [2.05, 4.69) is 45.1 Å². The maximum absolute atomic E-state index is 4.55. The summed E-state index contributed by atoms with van der Waals surface area (Å²) in [5.74, 6) is 3.92. The molecule has 2 aromatic rings. The van der Waals surface area contributed by atoms with Crippen molar-refractivity contribution < 1.29 is 0 Å². The van der Waals surface area contributed by atoms with Gasteiger partial charge >= 0.3 is 0 Å². The number of imidazole rings is 1. The average Bonchev–Trinajstić information content (AvgIpc) is 3.01. The third kappa shape index (κ3) is 4.34. The highest BCUT2D eigenvalue weighted by atomic mass is 32.2. The molecule has 0 atom stereocenters. The van der Waals surface area contributed by atoms with Crippen LogP contribution in [-0.2, 0) is 6.54 Å². The van der Waals surface area contributed by atoms with E-state index in [-0.39, 0.29) is 4.75 Å². The van der Waals surface area contributed by atoms with Crippen LogP contribution >= 0.6 is 11.8 Å². The first-order chi connectivity index (χ1) is 12.0. The SMILES string of the molecule is CN=C(NCc1ccc(-n2ccnc2C)nc1)N1CCSC(C)(C)C1. The molecule has 6 nitrogen and oxygen atoms in total. The van der Waals surface area contributed by atoms with Crippen LogP contribution in [0.5, 0.6) is 0 Å². The fourth-order valence-corrected chi connectivity index (χ4v) is 4.11. The number of aromatic nitrogens is 3. The van der Waals surface area contributed by atoms with Gasteiger partial charge in [-0.25, -0.2) is 9.97 Å². The lowest BCUT2D eigenvalue weighted by molar-refractivity contribution is 0.375. The minimum absolute atomic E-state index is 0.266. The third-order valence-corrected chi connectivity index (χ3v) is 5.57. The summed E-state index contributed by atoms with van der Waals surface area (Å²) in [6.45, 7) is 9.31. The predicted molar refractivity (Wildman–Crippen MR) is 104 cm³/mol. The molecule has 134 valence electrons. The molecule has 0 bridgehead atoms. The summed E-state index contributed by atoms with van der Waals surface area (Å²) >= 11 is 2.03. The lowest BCUT2D eigenvalue weighted by Gasteiger charge is -2.39. The van der Waals surface area contributed by atoms with Crippen molar-refractivity contribution in [2.24, 2.45) is 4.99 Å². The van der Waals surface area contributed by atoms with Crippen molar-refractivity contribution in [1.29, 1.82) is 0 Å². The van der Waals surface area contributed by atoms with E-state index in [1.807, 2.05) is 48.8 Å². The Morgan fingerprint density at radius 2 is 2.20 bits per heavy atom. The van der Waals surface area contributed by atoms with E-state index in [1.165, 1.54) is 0 Å². The molecule has 0 amide bonds. The Hall–Kier alpha value is -2.02. The van der Waals surface area contributed by atoms with Gasteiger partial charge in [-0.3, -0.25) is 9.56 Å². The van der Waals surface area contributed by atoms with Gasteiger partial charge in [0.1, 0.15) is 11.6 Å². The standard InChI is InChI=1S/C18H26N6S/c1-14-20-7-8-24(14)16-6-5-15(11-21-16)12-22-17(19-4)23-9-10-25-18(2,3)13-23/h5-8,11H,9-10,12-13H2,1-4H3,(H,19,22). The molecule has 1 N–H and O–H groups in total. The predicted octanol–water partition coefficient (Wildman–Crippen LogP) is 2.48. The van der Waals surface area contributed by atoms with Crippen LogP contribution in [-0.4, -0.2) is 56.0 Å². The number of aryl methyl sites for hydroxylation is 1. The highest BCUT2D eigenvalue weighted by Crippen LogP contribution is 2.29. The van der Waals surface area contributed by atoms with Crippen molar-refractivity contribution >= 4 is 17.7 Å². The smallest absolute Gasteiger partial charge is 0.193 e. The number of thioether (sulfide) groups is 1. The lowest BCUT2D eigenvalue weighted by Crippen LogP contribution is -2.50. The van der Waals surface area contributed by atoms with Crippen molar-refractivity contribution in [2.45, 2.75) is 32.1 Å². The second-order valence-corrected chi connectivity index (χ2v) is 8.60. The largest absolute Gasteiger partial charge is 0.352 e. The second-order valence-electron chi connectivity index (χ2n) is 6.80. The minimum Gasteiger partial charge on any atom is -0.352 e. The molecule has 3 heterocycles. The molecule has 1 aliphatic heterocycles. The van der Waals surface area contributed by atoms with Gasteiger partial charge in [0, 0.05) is 55.8 Å². The van der Waals surface area contributed by atoms with Crippen molar-refractivity contribution in [2.75, 3.05) is 25.9 Å². The molecule has 25 heavy (non-hydrogen) atoms. The molecule has 0 unspecified atom stereocenters. The minimum atomic E-state index is 0.266. The Balaban J connectivity index is 1.61. The van der Waals surface area contributed by atoms with E-state index >= 15 is 0 Å². The zero-order chi connectivity index (χ0) is 17.9. The highest BCUT2D eigenvalue weighted by molar-refractivity contribution is 8.00. The molecule has 0 radical (unpaired) electrons. The van der Waals surface area contributed by atoms with Crippen molar-refractivity contribution in [3.63, 3.8) is 0 Å². The maximum atomic E-state index is 4.55. The Morgan fingerprint density at radius 1 is 1.36 bits per heavy atom. The molecular formula is C18H26N6S. The van der Waals surface area contributed by atoms with Crippen LogP contribution < -0.4 is 5.32 Å². The van der Waals surface area contributed by atoms with Gasteiger partial charge in [-0.15, -0.1) is 0 Å². The number of nitrogens with zero attached hydrogens (tertiary/aromatic N) is 5. The fraction of sp³-hybridized carbons (Fsp3) is 0.500. The maximum Gasteiger partial charge on any atom is 0.193 e. The van der Waals surface area contributed by atoms with E-state index in [9.17, 15) is 0 Å². The van der Waals surface area contributed by atoms with Gasteiger partial charge in [0.2, 0.25) is 0 Å². The Labute approximate surface area is 153 Å². The topological polar surface area (TPSA) is 58.3 Å². The molecule has 7 heteroatoms. The Kier molecular flexibility index (Phi) is 5.32. The van der Waals surface area contributed by atoms with Gasteiger partial charge in [-0.2, -0.15) is 11.8 Å². The first-order valence-corrected chi connectivity index (χ1v) is 9.52. The number of nitrogens with one attached hydrogen (secondary N) is 1. The summed E-state index contributed by atoms with van der Waals surface area (Å²) in [7, 11) is 1.85. The first kappa shape index (κ1) is 17.8. The molecule has 0 aliphatic carbocycles. The van der Waals surface area contributed by atoms with Gasteiger partial charge in [0.05, 0.1) is 0 Å². The van der Waals surface area contributed by atoms with Crippen LogP contribution in [0.4, 0.5) is 0 Å². The van der Waals surface area contributed by atoms with Gasteiger partial charge in [-0.05, 0) is 32.4 Å². The normalized spacial score (nSPS) is 17.6. The summed E-state index contributed by atoms with van der Waals surface area (Å²) in [5, 5.41) is 3.47. The van der Waals surface area contributed by atoms with Crippen LogP contribution in [0.3, 0.4) is 0 Å². The van der Waals surface area contributed by atoms with Crippen molar-refractivity contribution in [3.05, 3.63) is 42.1 Å². The quantitative estimate of drug-likeness (QED) is 0.675. The van der Waals surface area contributed by atoms with Crippen LogP contribution in [0.25, 0.3) is 5.82 Å². The summed E-state index contributed by atoms with van der Waals surface area (Å²) in [6.07, 6.45) is 5.62. The molecule has 0 aromatic carbocycles. The molecule has 1 saturated heterocycles. The molecule has 2 aromatic heterocycles. The molecule has 0 saturated carbocycles. The number of hydrogen-bond donors (Lipinski definition) is 1. The summed E-state index contributed by atoms with van der Waals surface area (Å²) in [4.78, 5) is 15.6. The van der Waals surface area contributed by atoms with Crippen molar-refractivity contribution in [1.82, 2.24) is 24.8 Å². The zero-order valence-electron chi connectivity index (χ0n) is 15.4. The molecule has 3 rings (SSSR count). The summed E-state index contributed by atoms with van der Waals surface area (Å²) in [5.41, 5.74) is 1.13. The first-order valence-electron chi connectivity index (χ1n) is 8.53. The summed E-state index contributed by atoms with van der Waals surface area (Å²) < 4.78 is 2.24. The fourth-order valence-electron chi connectivity index (χ4n) is 2.99.